The van der Waals surface area contributed by atoms with Gasteiger partial charge in [0.25, 0.3) is 5.91 Å². The minimum Gasteiger partial charge on any atom is -0.347 e. The van der Waals surface area contributed by atoms with Crippen molar-refractivity contribution >= 4 is 28.8 Å². The molecule has 0 unspecified atom stereocenters. The number of anilines is 1. The molecule has 0 aliphatic rings. The standard InChI is InChI=1S/C20H17F2N3O2S/c1-12-19(20(27)23-11-13-5-7-14(21)8-6-13)28-18(24-12)10-17(26)25-16-4-2-3-15(22)9-16/h2-9H,10-11H2,1H3,(H,23,27)(H,25,26). The van der Waals surface area contributed by atoms with E-state index in [-0.39, 0.29) is 30.6 Å². The van der Waals surface area contributed by atoms with Gasteiger partial charge >= 0.3 is 0 Å². The van der Waals surface area contributed by atoms with Crippen molar-refractivity contribution in [2.24, 2.45) is 0 Å². The van der Waals surface area contributed by atoms with Crippen LogP contribution in [0, 0.1) is 18.6 Å². The molecule has 0 fully saturated rings. The second-order valence-electron chi connectivity index (χ2n) is 6.07. The van der Waals surface area contributed by atoms with Gasteiger partial charge in [-0.05, 0) is 42.8 Å². The summed E-state index contributed by atoms with van der Waals surface area (Å²) < 4.78 is 26.1. The number of hydrogen-bond donors (Lipinski definition) is 2. The third-order valence-electron chi connectivity index (χ3n) is 3.83. The first-order chi connectivity index (χ1) is 13.4. The van der Waals surface area contributed by atoms with E-state index in [0.29, 0.717) is 21.3 Å². The summed E-state index contributed by atoms with van der Waals surface area (Å²) in [5.74, 6) is -1.44. The van der Waals surface area contributed by atoms with Gasteiger partial charge in [-0.2, -0.15) is 0 Å². The van der Waals surface area contributed by atoms with Crippen LogP contribution in [0.2, 0.25) is 0 Å². The van der Waals surface area contributed by atoms with Crippen LogP contribution in [0.4, 0.5) is 14.5 Å². The lowest BCUT2D eigenvalue weighted by Gasteiger charge is -2.04. The molecule has 3 rings (SSSR count). The van der Waals surface area contributed by atoms with Crippen LogP contribution in [0.5, 0.6) is 0 Å². The van der Waals surface area contributed by atoms with E-state index in [2.05, 4.69) is 15.6 Å². The predicted octanol–water partition coefficient (Wildman–Crippen LogP) is 3.84. The molecule has 0 aliphatic heterocycles. The predicted molar refractivity (Wildman–Crippen MR) is 103 cm³/mol. The molecule has 1 heterocycles. The molecule has 5 nitrogen and oxygen atoms in total. The zero-order chi connectivity index (χ0) is 20.1. The Kier molecular flexibility index (Phi) is 6.10. The summed E-state index contributed by atoms with van der Waals surface area (Å²) in [7, 11) is 0. The van der Waals surface area contributed by atoms with Crippen molar-refractivity contribution in [3.05, 3.63) is 81.3 Å². The summed E-state index contributed by atoms with van der Waals surface area (Å²) in [4.78, 5) is 29.2. The van der Waals surface area contributed by atoms with E-state index < -0.39 is 5.82 Å². The van der Waals surface area contributed by atoms with Gasteiger partial charge in [-0.3, -0.25) is 9.59 Å². The maximum atomic E-state index is 13.2. The van der Waals surface area contributed by atoms with E-state index in [4.69, 9.17) is 0 Å². The molecule has 0 radical (unpaired) electrons. The lowest BCUT2D eigenvalue weighted by Crippen LogP contribution is -2.22. The van der Waals surface area contributed by atoms with Crippen molar-refractivity contribution in [1.82, 2.24) is 10.3 Å². The maximum Gasteiger partial charge on any atom is 0.263 e. The van der Waals surface area contributed by atoms with Crippen LogP contribution in [0.3, 0.4) is 0 Å². The van der Waals surface area contributed by atoms with Crippen molar-refractivity contribution < 1.29 is 18.4 Å². The number of nitrogens with zero attached hydrogens (tertiary/aromatic N) is 1. The maximum absolute atomic E-state index is 13.2. The summed E-state index contributed by atoms with van der Waals surface area (Å²) in [6.45, 7) is 1.95. The second-order valence-corrected chi connectivity index (χ2v) is 7.15. The third-order valence-corrected chi connectivity index (χ3v) is 4.99. The van der Waals surface area contributed by atoms with Gasteiger partial charge in [0.05, 0.1) is 12.1 Å². The zero-order valence-electron chi connectivity index (χ0n) is 15.0. The number of benzene rings is 2. The number of carbonyl (C=O) groups excluding carboxylic acids is 2. The van der Waals surface area contributed by atoms with Gasteiger partial charge in [-0.15, -0.1) is 11.3 Å². The molecular weight excluding hydrogens is 384 g/mol. The molecule has 0 saturated heterocycles. The molecule has 3 aromatic rings. The highest BCUT2D eigenvalue weighted by Gasteiger charge is 2.17. The normalized spacial score (nSPS) is 10.5. The van der Waals surface area contributed by atoms with Crippen molar-refractivity contribution in [2.75, 3.05) is 5.32 Å². The highest BCUT2D eigenvalue weighted by Crippen LogP contribution is 2.19. The van der Waals surface area contributed by atoms with Crippen LogP contribution >= 0.6 is 11.3 Å². The quantitative estimate of drug-likeness (QED) is 0.659. The number of aromatic nitrogens is 1. The molecule has 28 heavy (non-hydrogen) atoms. The van der Waals surface area contributed by atoms with Crippen LogP contribution in [-0.2, 0) is 17.8 Å². The van der Waals surface area contributed by atoms with Gasteiger partial charge < -0.3 is 10.6 Å². The smallest absolute Gasteiger partial charge is 0.263 e. The fourth-order valence-corrected chi connectivity index (χ4v) is 3.49. The van der Waals surface area contributed by atoms with E-state index in [1.807, 2.05) is 0 Å². The number of nitrogens with one attached hydrogen (secondary N) is 2. The molecule has 8 heteroatoms. The zero-order valence-corrected chi connectivity index (χ0v) is 15.8. The summed E-state index contributed by atoms with van der Waals surface area (Å²) in [5, 5.41) is 5.84. The molecule has 0 spiro atoms. The number of hydrogen-bond acceptors (Lipinski definition) is 4. The first-order valence-corrected chi connectivity index (χ1v) is 9.27. The van der Waals surface area contributed by atoms with Crippen molar-refractivity contribution in [2.45, 2.75) is 19.9 Å². The highest BCUT2D eigenvalue weighted by molar-refractivity contribution is 7.13. The number of aryl methyl sites for hydroxylation is 1. The van der Waals surface area contributed by atoms with E-state index >= 15 is 0 Å². The molecular formula is C20H17F2N3O2S. The molecule has 0 saturated carbocycles. The molecule has 1 aromatic heterocycles. The SMILES string of the molecule is Cc1nc(CC(=O)Nc2cccc(F)c2)sc1C(=O)NCc1ccc(F)cc1. The first-order valence-electron chi connectivity index (χ1n) is 8.45. The average Bonchev–Trinajstić information content (AvgIpc) is 3.01. The van der Waals surface area contributed by atoms with Crippen molar-refractivity contribution in [3.8, 4) is 0 Å². The second kappa shape index (κ2) is 8.71. The van der Waals surface area contributed by atoms with Gasteiger partial charge in [0, 0.05) is 12.2 Å². The monoisotopic (exact) mass is 401 g/mol. The van der Waals surface area contributed by atoms with Crippen LogP contribution < -0.4 is 10.6 Å². The Morgan fingerprint density at radius 2 is 1.82 bits per heavy atom. The van der Waals surface area contributed by atoms with E-state index in [0.717, 1.165) is 16.9 Å². The summed E-state index contributed by atoms with van der Waals surface area (Å²) in [6.07, 6.45) is -0.0206. The highest BCUT2D eigenvalue weighted by atomic mass is 32.1. The largest absolute Gasteiger partial charge is 0.347 e. The fraction of sp³-hybridized carbons (Fsp3) is 0.150. The Morgan fingerprint density at radius 1 is 1.07 bits per heavy atom. The average molecular weight is 401 g/mol. The van der Waals surface area contributed by atoms with Gasteiger partial charge in [0.15, 0.2) is 0 Å². The molecule has 0 bridgehead atoms. The van der Waals surface area contributed by atoms with Crippen LogP contribution in [0.1, 0.15) is 25.9 Å². The summed E-state index contributed by atoms with van der Waals surface area (Å²) >= 11 is 1.13. The first kappa shape index (κ1) is 19.6. The Morgan fingerprint density at radius 3 is 2.54 bits per heavy atom. The Labute approximate surface area is 164 Å². The summed E-state index contributed by atoms with van der Waals surface area (Å²) in [6, 6.07) is 11.4. The fourth-order valence-electron chi connectivity index (χ4n) is 2.51. The Bertz CT molecular complexity index is 1000. The van der Waals surface area contributed by atoms with Crippen LogP contribution in [-0.4, -0.2) is 16.8 Å². The number of thiazole rings is 1. The Balaban J connectivity index is 1.59. The van der Waals surface area contributed by atoms with Gasteiger partial charge in [0.2, 0.25) is 5.91 Å². The summed E-state index contributed by atoms with van der Waals surface area (Å²) in [5.41, 5.74) is 1.65. The van der Waals surface area contributed by atoms with E-state index in [1.54, 1.807) is 25.1 Å². The lowest BCUT2D eigenvalue weighted by molar-refractivity contribution is -0.115. The number of amides is 2. The molecule has 0 aliphatic carbocycles. The number of carbonyl (C=O) groups is 2. The van der Waals surface area contributed by atoms with Crippen molar-refractivity contribution in [3.63, 3.8) is 0 Å². The van der Waals surface area contributed by atoms with Crippen LogP contribution in [0.25, 0.3) is 0 Å². The van der Waals surface area contributed by atoms with Gasteiger partial charge in [-0.25, -0.2) is 13.8 Å². The van der Waals surface area contributed by atoms with E-state index in [9.17, 15) is 18.4 Å². The number of rotatable bonds is 6. The van der Waals surface area contributed by atoms with Gasteiger partial charge in [0.1, 0.15) is 21.5 Å². The molecule has 144 valence electrons. The molecule has 2 amide bonds. The number of halogens is 2. The third kappa shape index (κ3) is 5.20. The topological polar surface area (TPSA) is 71.1 Å². The lowest BCUT2D eigenvalue weighted by atomic mass is 10.2. The minimum absolute atomic E-state index is 0.0206. The van der Waals surface area contributed by atoms with Gasteiger partial charge in [-0.1, -0.05) is 18.2 Å². The van der Waals surface area contributed by atoms with E-state index in [1.165, 1.54) is 30.3 Å². The minimum atomic E-state index is -0.442. The molecule has 0 atom stereocenters. The molecule has 2 aromatic carbocycles. The Hall–Kier alpha value is -3.13. The molecule has 2 N–H and O–H groups in total. The van der Waals surface area contributed by atoms with Crippen molar-refractivity contribution in [1.29, 1.82) is 0 Å². The van der Waals surface area contributed by atoms with Crippen LogP contribution in [0.15, 0.2) is 48.5 Å².